The molecule has 0 radical (unpaired) electrons. The summed E-state index contributed by atoms with van der Waals surface area (Å²) < 4.78 is 32.1. The van der Waals surface area contributed by atoms with E-state index in [-0.39, 0.29) is 16.5 Å². The van der Waals surface area contributed by atoms with Gasteiger partial charge in [0.25, 0.3) is 5.69 Å². The van der Waals surface area contributed by atoms with Gasteiger partial charge < -0.3 is 4.74 Å². The van der Waals surface area contributed by atoms with Gasteiger partial charge in [-0.1, -0.05) is 11.6 Å². The highest BCUT2D eigenvalue weighted by molar-refractivity contribution is 7.89. The summed E-state index contributed by atoms with van der Waals surface area (Å²) in [6, 6.07) is 3.49. The topological polar surface area (TPSA) is 102 Å². The number of nitro groups is 1. The smallest absolute Gasteiger partial charge is 0.290 e. The second-order valence-electron chi connectivity index (χ2n) is 5.07. The largest absolute Gasteiger partial charge is 0.379 e. The first kappa shape index (κ1) is 18.1. The number of hydrogen-bond acceptors (Lipinski definition) is 6. The quantitative estimate of drug-likeness (QED) is 0.444. The molecule has 128 valence electrons. The molecular weight excluding hydrogens is 346 g/mol. The zero-order valence-corrected chi connectivity index (χ0v) is 14.0. The summed E-state index contributed by atoms with van der Waals surface area (Å²) in [6.07, 6.45) is 0.612. The van der Waals surface area contributed by atoms with Gasteiger partial charge in [-0.25, -0.2) is 13.1 Å². The first-order chi connectivity index (χ1) is 10.9. The number of hydrogen-bond donors (Lipinski definition) is 1. The lowest BCUT2D eigenvalue weighted by molar-refractivity contribution is -0.387. The van der Waals surface area contributed by atoms with Crippen molar-refractivity contribution in [2.45, 2.75) is 11.3 Å². The number of halogens is 1. The third kappa shape index (κ3) is 5.11. The van der Waals surface area contributed by atoms with Gasteiger partial charge in [0.1, 0.15) is 0 Å². The van der Waals surface area contributed by atoms with Crippen molar-refractivity contribution < 1.29 is 18.1 Å². The van der Waals surface area contributed by atoms with E-state index in [1.54, 1.807) is 0 Å². The van der Waals surface area contributed by atoms with Crippen LogP contribution in [0.5, 0.6) is 0 Å². The van der Waals surface area contributed by atoms with Gasteiger partial charge >= 0.3 is 0 Å². The summed E-state index contributed by atoms with van der Waals surface area (Å²) in [5.41, 5.74) is -0.529. The van der Waals surface area contributed by atoms with Gasteiger partial charge in [0.15, 0.2) is 4.90 Å². The standard InChI is InChI=1S/C13H18ClN3O5S/c14-11-2-3-13(12(10-11)17(18)19)23(20,21)15-4-1-5-16-6-8-22-9-7-16/h2-3,10,15H,1,4-9H2. The van der Waals surface area contributed by atoms with Gasteiger partial charge in [-0.15, -0.1) is 0 Å². The number of nitrogens with one attached hydrogen (secondary N) is 1. The van der Waals surface area contributed by atoms with E-state index in [1.165, 1.54) is 6.07 Å². The van der Waals surface area contributed by atoms with E-state index in [9.17, 15) is 18.5 Å². The molecule has 1 saturated heterocycles. The third-order valence-electron chi connectivity index (χ3n) is 3.45. The Morgan fingerprint density at radius 2 is 2.04 bits per heavy atom. The maximum absolute atomic E-state index is 12.2. The lowest BCUT2D eigenvalue weighted by Crippen LogP contribution is -2.38. The highest BCUT2D eigenvalue weighted by atomic mass is 35.5. The van der Waals surface area contributed by atoms with Crippen LogP contribution in [0, 0.1) is 10.1 Å². The number of benzene rings is 1. The fourth-order valence-corrected chi connectivity index (χ4v) is 3.66. The minimum atomic E-state index is -3.95. The van der Waals surface area contributed by atoms with Crippen molar-refractivity contribution in [2.24, 2.45) is 0 Å². The zero-order chi connectivity index (χ0) is 16.9. The molecule has 1 N–H and O–H groups in total. The van der Waals surface area contributed by atoms with Crippen molar-refractivity contribution in [3.8, 4) is 0 Å². The number of nitrogens with zero attached hydrogens (tertiary/aromatic N) is 2. The Balaban J connectivity index is 1.95. The van der Waals surface area contributed by atoms with Crippen LogP contribution in [-0.4, -0.2) is 57.6 Å². The monoisotopic (exact) mass is 363 g/mol. The van der Waals surface area contributed by atoms with Crippen LogP contribution in [0.25, 0.3) is 0 Å². The highest BCUT2D eigenvalue weighted by Gasteiger charge is 2.25. The van der Waals surface area contributed by atoms with E-state index in [1.807, 2.05) is 0 Å². The number of ether oxygens (including phenoxy) is 1. The lowest BCUT2D eigenvalue weighted by Gasteiger charge is -2.26. The fourth-order valence-electron chi connectivity index (χ4n) is 2.27. The minimum Gasteiger partial charge on any atom is -0.379 e. The van der Waals surface area contributed by atoms with Crippen molar-refractivity contribution in [2.75, 3.05) is 39.4 Å². The maximum atomic E-state index is 12.2. The number of morpholine rings is 1. The fraction of sp³-hybridized carbons (Fsp3) is 0.538. The van der Waals surface area contributed by atoms with E-state index in [4.69, 9.17) is 16.3 Å². The molecule has 1 aromatic rings. The average Bonchev–Trinajstić information content (AvgIpc) is 2.52. The Morgan fingerprint density at radius 3 is 2.70 bits per heavy atom. The third-order valence-corrected chi connectivity index (χ3v) is 5.20. The first-order valence-corrected chi connectivity index (χ1v) is 9.00. The number of nitro benzene ring substituents is 1. The molecule has 0 aromatic heterocycles. The van der Waals surface area contributed by atoms with Crippen LogP contribution in [0.4, 0.5) is 5.69 Å². The second kappa shape index (κ2) is 8.02. The van der Waals surface area contributed by atoms with Crippen molar-refractivity contribution >= 4 is 27.3 Å². The molecule has 1 aliphatic rings. The molecule has 0 atom stereocenters. The molecule has 1 fully saturated rings. The van der Waals surface area contributed by atoms with Crippen LogP contribution in [-0.2, 0) is 14.8 Å². The molecule has 0 aliphatic carbocycles. The van der Waals surface area contributed by atoms with Gasteiger partial charge in [-0.05, 0) is 25.1 Å². The van der Waals surface area contributed by atoms with E-state index in [0.29, 0.717) is 19.6 Å². The van der Waals surface area contributed by atoms with Crippen LogP contribution < -0.4 is 4.72 Å². The molecule has 8 nitrogen and oxygen atoms in total. The zero-order valence-electron chi connectivity index (χ0n) is 12.4. The number of sulfonamides is 1. The Kier molecular flexibility index (Phi) is 6.31. The van der Waals surface area contributed by atoms with Gasteiger partial charge in [-0.3, -0.25) is 15.0 Å². The lowest BCUT2D eigenvalue weighted by atomic mass is 10.3. The van der Waals surface area contributed by atoms with Gasteiger partial charge in [0.2, 0.25) is 10.0 Å². The second-order valence-corrected chi connectivity index (χ2v) is 7.25. The molecule has 2 rings (SSSR count). The Morgan fingerprint density at radius 1 is 1.35 bits per heavy atom. The normalized spacial score (nSPS) is 16.4. The molecular formula is C13H18ClN3O5S. The van der Waals surface area contributed by atoms with Crippen molar-refractivity contribution in [3.05, 3.63) is 33.3 Å². The van der Waals surface area contributed by atoms with Crippen LogP contribution in [0.2, 0.25) is 5.02 Å². The minimum absolute atomic E-state index is 0.114. The van der Waals surface area contributed by atoms with Crippen molar-refractivity contribution in [3.63, 3.8) is 0 Å². The Bertz CT molecular complexity index is 662. The summed E-state index contributed by atoms with van der Waals surface area (Å²) in [5.74, 6) is 0. The summed E-state index contributed by atoms with van der Waals surface area (Å²) >= 11 is 5.69. The van der Waals surface area contributed by atoms with E-state index < -0.39 is 20.6 Å². The predicted molar refractivity (Wildman–Crippen MR) is 85.2 cm³/mol. The molecule has 0 amide bonds. The predicted octanol–water partition coefficient (Wildman–Crippen LogP) is 1.25. The number of rotatable bonds is 7. The molecule has 0 bridgehead atoms. The summed E-state index contributed by atoms with van der Waals surface area (Å²) in [7, 11) is -3.95. The average molecular weight is 364 g/mol. The van der Waals surface area contributed by atoms with E-state index >= 15 is 0 Å². The van der Waals surface area contributed by atoms with Gasteiger partial charge in [0.05, 0.1) is 18.1 Å². The maximum Gasteiger partial charge on any atom is 0.290 e. The summed E-state index contributed by atoms with van der Waals surface area (Å²) in [5, 5.41) is 11.1. The van der Waals surface area contributed by atoms with Crippen LogP contribution >= 0.6 is 11.6 Å². The molecule has 23 heavy (non-hydrogen) atoms. The molecule has 1 aliphatic heterocycles. The van der Waals surface area contributed by atoms with Gasteiger partial charge in [-0.2, -0.15) is 0 Å². The van der Waals surface area contributed by atoms with Crippen LogP contribution in [0.15, 0.2) is 23.1 Å². The van der Waals surface area contributed by atoms with Crippen LogP contribution in [0.3, 0.4) is 0 Å². The summed E-state index contributed by atoms with van der Waals surface area (Å²) in [6.45, 7) is 3.98. The van der Waals surface area contributed by atoms with E-state index in [2.05, 4.69) is 9.62 Å². The SMILES string of the molecule is O=[N+]([O-])c1cc(Cl)ccc1S(=O)(=O)NCCCN1CCOCC1. The molecule has 0 unspecified atom stereocenters. The first-order valence-electron chi connectivity index (χ1n) is 7.14. The highest BCUT2D eigenvalue weighted by Crippen LogP contribution is 2.26. The van der Waals surface area contributed by atoms with Gasteiger partial charge in [0, 0.05) is 30.7 Å². The van der Waals surface area contributed by atoms with Crippen molar-refractivity contribution in [1.29, 1.82) is 0 Å². The molecule has 0 saturated carbocycles. The molecule has 1 aromatic carbocycles. The van der Waals surface area contributed by atoms with Crippen LogP contribution in [0.1, 0.15) is 6.42 Å². The molecule has 0 spiro atoms. The summed E-state index contributed by atoms with van der Waals surface area (Å²) in [4.78, 5) is 12.0. The Hall–Kier alpha value is -1.26. The van der Waals surface area contributed by atoms with E-state index in [0.717, 1.165) is 31.8 Å². The Labute approximate surface area is 139 Å². The van der Waals surface area contributed by atoms with Crippen molar-refractivity contribution in [1.82, 2.24) is 9.62 Å². The molecule has 1 heterocycles. The molecule has 10 heteroatoms.